The highest BCUT2D eigenvalue weighted by Crippen LogP contribution is 2.42. The summed E-state index contributed by atoms with van der Waals surface area (Å²) in [5.41, 5.74) is 9.46. The molecule has 2 N–H and O–H groups in total. The van der Waals surface area contributed by atoms with Crippen molar-refractivity contribution in [3.63, 3.8) is 0 Å². The Labute approximate surface area is 248 Å². The van der Waals surface area contributed by atoms with Crippen LogP contribution in [0.2, 0.25) is 0 Å². The van der Waals surface area contributed by atoms with Crippen LogP contribution in [0.25, 0.3) is 33.4 Å². The van der Waals surface area contributed by atoms with Gasteiger partial charge < -0.3 is 9.73 Å². The molecule has 42 heavy (non-hydrogen) atoms. The van der Waals surface area contributed by atoms with E-state index < -0.39 is 10.1 Å². The molecular formula is C35H38N2O4S. The molecule has 0 radical (unpaired) electrons. The van der Waals surface area contributed by atoms with Gasteiger partial charge in [0.05, 0.1) is 11.1 Å². The lowest BCUT2D eigenvalue weighted by molar-refractivity contribution is 0.483. The molecule has 0 bridgehead atoms. The third-order valence-corrected chi connectivity index (χ3v) is 8.17. The molecular weight excluding hydrogens is 544 g/mol. The summed E-state index contributed by atoms with van der Waals surface area (Å²) in [5.74, 6) is 0.541. The molecule has 0 atom stereocenters. The largest absolute Gasteiger partial charge is 0.456 e. The quantitative estimate of drug-likeness (QED) is 0.129. The van der Waals surface area contributed by atoms with E-state index >= 15 is 0 Å². The number of nitrogens with zero attached hydrogens (tertiary/aromatic N) is 1. The fourth-order valence-corrected chi connectivity index (χ4v) is 5.68. The molecule has 0 aromatic heterocycles. The summed E-state index contributed by atoms with van der Waals surface area (Å²) in [5, 5.41) is 4.94. The lowest BCUT2D eigenvalue weighted by Gasteiger charge is -2.19. The first-order chi connectivity index (χ1) is 19.8. The van der Waals surface area contributed by atoms with Crippen molar-refractivity contribution < 1.29 is 17.4 Å². The van der Waals surface area contributed by atoms with Gasteiger partial charge in [-0.05, 0) is 96.9 Å². The zero-order chi connectivity index (χ0) is 30.8. The van der Waals surface area contributed by atoms with Crippen molar-refractivity contribution in [1.29, 1.82) is 0 Å². The van der Waals surface area contributed by atoms with Gasteiger partial charge in [-0.2, -0.15) is 8.42 Å². The molecule has 2 aromatic rings. The monoisotopic (exact) mass is 582 g/mol. The number of allylic oxidation sites excluding steroid dienone is 6. The molecule has 4 rings (SSSR count). The molecule has 1 aliphatic heterocycles. The lowest BCUT2D eigenvalue weighted by Crippen LogP contribution is -2.06. The van der Waals surface area contributed by atoms with Gasteiger partial charge in [-0.3, -0.25) is 4.55 Å². The summed E-state index contributed by atoms with van der Waals surface area (Å²) in [4.78, 5) is 4.75. The topological polar surface area (TPSA) is 91.9 Å². The van der Waals surface area contributed by atoms with E-state index in [9.17, 15) is 13.0 Å². The van der Waals surface area contributed by atoms with Gasteiger partial charge in [-0.25, -0.2) is 4.99 Å². The average molecular weight is 583 g/mol. The maximum atomic E-state index is 12.4. The Morgan fingerprint density at radius 1 is 0.833 bits per heavy atom. The van der Waals surface area contributed by atoms with Gasteiger partial charge >= 0.3 is 0 Å². The highest BCUT2D eigenvalue weighted by atomic mass is 32.2. The third-order valence-electron chi connectivity index (χ3n) is 7.26. The van der Waals surface area contributed by atoms with Crippen molar-refractivity contribution in [2.24, 2.45) is 4.99 Å². The zero-order valence-electron chi connectivity index (χ0n) is 25.5. The van der Waals surface area contributed by atoms with E-state index in [-0.39, 0.29) is 4.90 Å². The minimum absolute atomic E-state index is 0.166. The molecule has 0 saturated heterocycles. The molecule has 2 aliphatic rings. The second-order valence-electron chi connectivity index (χ2n) is 10.7. The number of hydrogen-bond donors (Lipinski definition) is 2. The lowest BCUT2D eigenvalue weighted by atomic mass is 9.93. The maximum absolute atomic E-state index is 12.4. The Kier molecular flexibility index (Phi) is 9.04. The van der Waals surface area contributed by atoms with Crippen LogP contribution in [0.5, 0.6) is 0 Å². The average Bonchev–Trinajstić information content (AvgIpc) is 2.95. The van der Waals surface area contributed by atoms with Crippen LogP contribution < -0.4 is 10.7 Å². The molecule has 0 spiro atoms. The van der Waals surface area contributed by atoms with Gasteiger partial charge in [-0.15, -0.1) is 0 Å². The summed E-state index contributed by atoms with van der Waals surface area (Å²) in [6.45, 7) is 16.2. The third kappa shape index (κ3) is 6.32. The SMILES string of the molecule is C/C=C(/C)C(N=c1ccc2c(-c3ccccc3S(=O)(=O)O)c3ccc(NC(=C(C)C)/C(C)=C\C)cc3oc-2c1)=C(C)C. The summed E-state index contributed by atoms with van der Waals surface area (Å²) in [6, 6.07) is 17.9. The zero-order valence-corrected chi connectivity index (χ0v) is 26.3. The number of nitrogens with one attached hydrogen (secondary N) is 1. The number of fused-ring (bicyclic) bond motifs is 2. The summed E-state index contributed by atoms with van der Waals surface area (Å²) >= 11 is 0. The Morgan fingerprint density at radius 2 is 1.52 bits per heavy atom. The predicted molar refractivity (Wildman–Crippen MR) is 173 cm³/mol. The van der Waals surface area contributed by atoms with Gasteiger partial charge in [0.25, 0.3) is 10.1 Å². The predicted octanol–water partition coefficient (Wildman–Crippen LogP) is 9.28. The Morgan fingerprint density at radius 3 is 2.14 bits per heavy atom. The minimum Gasteiger partial charge on any atom is -0.456 e. The maximum Gasteiger partial charge on any atom is 0.295 e. The fourth-order valence-electron chi connectivity index (χ4n) is 4.98. The van der Waals surface area contributed by atoms with E-state index in [1.165, 1.54) is 6.07 Å². The Balaban J connectivity index is 2.09. The van der Waals surface area contributed by atoms with Crippen LogP contribution in [-0.2, 0) is 10.1 Å². The normalized spacial score (nSPS) is 13.0. The van der Waals surface area contributed by atoms with Gasteiger partial charge in [-0.1, -0.05) is 41.5 Å². The standard InChI is InChI=1S/C35H38N2O4S/c1-9-23(7)34(21(3)4)36-25-15-17-27-30(19-25)41-31-20-26(37-35(22(5)6)24(8)10-2)16-18-28(31)33(27)29-13-11-12-14-32(29)42(38,39)40/h9-20,36H,1-8H3,(H,38,39,40)/b23-9-,24-10-,37-26?. The molecule has 7 heteroatoms. The van der Waals surface area contributed by atoms with Crippen LogP contribution in [0, 0.1) is 0 Å². The highest BCUT2D eigenvalue weighted by Gasteiger charge is 2.23. The number of rotatable bonds is 7. The molecule has 0 fully saturated rings. The molecule has 6 nitrogen and oxygen atoms in total. The van der Waals surface area contributed by atoms with Crippen LogP contribution in [0.1, 0.15) is 55.4 Å². The Hall–Kier alpha value is -4.20. The van der Waals surface area contributed by atoms with Crippen molar-refractivity contribution in [1.82, 2.24) is 0 Å². The van der Waals surface area contributed by atoms with Gasteiger partial charge in [0.2, 0.25) is 0 Å². The number of benzene rings is 3. The van der Waals surface area contributed by atoms with Crippen LogP contribution in [-0.4, -0.2) is 13.0 Å². The summed E-state index contributed by atoms with van der Waals surface area (Å²) in [6.07, 6.45) is 4.08. The minimum atomic E-state index is -4.50. The van der Waals surface area contributed by atoms with Crippen molar-refractivity contribution in [3.05, 3.63) is 112 Å². The van der Waals surface area contributed by atoms with E-state index in [0.29, 0.717) is 38.8 Å². The molecule has 1 heterocycles. The number of anilines is 1. The summed E-state index contributed by atoms with van der Waals surface area (Å²) < 4.78 is 41.5. The molecule has 0 unspecified atom stereocenters. The smallest absolute Gasteiger partial charge is 0.295 e. The van der Waals surface area contributed by atoms with E-state index in [1.54, 1.807) is 18.2 Å². The van der Waals surface area contributed by atoms with Gasteiger partial charge in [0.1, 0.15) is 16.2 Å². The first-order valence-corrected chi connectivity index (χ1v) is 15.3. The van der Waals surface area contributed by atoms with Crippen LogP contribution >= 0.6 is 0 Å². The Bertz CT molecular complexity index is 1950. The van der Waals surface area contributed by atoms with Gasteiger partial charge in [0, 0.05) is 45.6 Å². The molecule has 218 valence electrons. The molecule has 1 aliphatic carbocycles. The first kappa shape index (κ1) is 30.8. The summed E-state index contributed by atoms with van der Waals surface area (Å²) in [7, 11) is -4.50. The molecule has 0 saturated carbocycles. The van der Waals surface area contributed by atoms with Crippen molar-refractivity contribution in [2.75, 3.05) is 5.32 Å². The van der Waals surface area contributed by atoms with E-state index in [0.717, 1.165) is 39.4 Å². The molecule has 0 amide bonds. The van der Waals surface area contributed by atoms with Crippen LogP contribution in [0.3, 0.4) is 0 Å². The van der Waals surface area contributed by atoms with Crippen LogP contribution in [0.15, 0.2) is 121 Å². The second kappa shape index (κ2) is 12.3. The first-order valence-electron chi connectivity index (χ1n) is 13.9. The molecule has 2 aromatic carbocycles. The van der Waals surface area contributed by atoms with Crippen molar-refractivity contribution >= 4 is 26.8 Å². The number of hydrogen-bond acceptors (Lipinski definition) is 5. The van der Waals surface area contributed by atoms with Crippen LogP contribution in [0.4, 0.5) is 5.69 Å². The van der Waals surface area contributed by atoms with E-state index in [4.69, 9.17) is 9.41 Å². The second-order valence-corrected chi connectivity index (χ2v) is 12.1. The van der Waals surface area contributed by atoms with E-state index in [1.807, 2.05) is 77.1 Å². The van der Waals surface area contributed by atoms with E-state index in [2.05, 4.69) is 32.2 Å². The van der Waals surface area contributed by atoms with Crippen molar-refractivity contribution in [2.45, 2.75) is 60.3 Å². The fraction of sp³-hybridized carbons (Fsp3) is 0.229. The van der Waals surface area contributed by atoms with Crippen molar-refractivity contribution in [3.8, 4) is 22.5 Å². The van der Waals surface area contributed by atoms with Gasteiger partial charge in [0.15, 0.2) is 0 Å². The highest BCUT2D eigenvalue weighted by molar-refractivity contribution is 7.86.